The van der Waals surface area contributed by atoms with Crippen LogP contribution in [0.15, 0.2) is 0 Å². The predicted octanol–water partition coefficient (Wildman–Crippen LogP) is 0.169. The molecule has 12 heavy (non-hydrogen) atoms. The van der Waals surface area contributed by atoms with E-state index in [0.29, 0.717) is 6.61 Å². The molecule has 1 spiro atoms. The van der Waals surface area contributed by atoms with Crippen LogP contribution in [0.2, 0.25) is 0 Å². The molecule has 2 N–H and O–H groups in total. The van der Waals surface area contributed by atoms with E-state index in [1.165, 1.54) is 0 Å². The standard InChI is InChI=1S/C8H15NO2.ClH/c10-7-5-11-6-8(7)1-3-9-4-2-8;/h7,9-10H,1-6H2;1H. The Kier molecular flexibility index (Phi) is 3.35. The molecule has 0 saturated carbocycles. The van der Waals surface area contributed by atoms with Crippen LogP contribution in [0.4, 0.5) is 0 Å². The highest BCUT2D eigenvalue weighted by Crippen LogP contribution is 2.37. The third-order valence-corrected chi connectivity index (χ3v) is 2.97. The van der Waals surface area contributed by atoms with Gasteiger partial charge < -0.3 is 15.2 Å². The maximum atomic E-state index is 9.65. The van der Waals surface area contributed by atoms with Gasteiger partial charge in [0.25, 0.3) is 0 Å². The van der Waals surface area contributed by atoms with Gasteiger partial charge in [0.2, 0.25) is 0 Å². The summed E-state index contributed by atoms with van der Waals surface area (Å²) < 4.78 is 5.27. The molecule has 0 amide bonds. The van der Waals surface area contributed by atoms with Gasteiger partial charge in [-0.2, -0.15) is 0 Å². The van der Waals surface area contributed by atoms with Crippen molar-refractivity contribution in [3.8, 4) is 0 Å². The zero-order valence-electron chi connectivity index (χ0n) is 7.08. The smallest absolute Gasteiger partial charge is 0.0852 e. The average Bonchev–Trinajstić information content (AvgIpc) is 2.36. The Hall–Kier alpha value is 0.170. The normalized spacial score (nSPS) is 33.2. The Morgan fingerprint density at radius 2 is 2.00 bits per heavy atom. The SMILES string of the molecule is Cl.OC1COCC12CCNCC2. The van der Waals surface area contributed by atoms with E-state index < -0.39 is 0 Å². The Balaban J connectivity index is 0.000000720. The van der Waals surface area contributed by atoms with Crippen molar-refractivity contribution in [2.24, 2.45) is 5.41 Å². The van der Waals surface area contributed by atoms with Crippen molar-refractivity contribution in [2.75, 3.05) is 26.3 Å². The van der Waals surface area contributed by atoms with Gasteiger partial charge in [0, 0.05) is 5.41 Å². The second-order valence-corrected chi connectivity index (χ2v) is 3.64. The Bertz CT molecular complexity index is 148. The first kappa shape index (κ1) is 10.3. The van der Waals surface area contributed by atoms with Gasteiger partial charge in [-0.3, -0.25) is 0 Å². The van der Waals surface area contributed by atoms with Gasteiger partial charge in [0.1, 0.15) is 0 Å². The lowest BCUT2D eigenvalue weighted by molar-refractivity contribution is 0.0444. The quantitative estimate of drug-likeness (QED) is 0.577. The fourth-order valence-electron chi connectivity index (χ4n) is 2.05. The molecule has 0 aromatic rings. The van der Waals surface area contributed by atoms with Crippen LogP contribution < -0.4 is 5.32 Å². The summed E-state index contributed by atoms with van der Waals surface area (Å²) in [7, 11) is 0. The van der Waals surface area contributed by atoms with Crippen LogP contribution in [0.1, 0.15) is 12.8 Å². The van der Waals surface area contributed by atoms with E-state index >= 15 is 0 Å². The van der Waals surface area contributed by atoms with Crippen LogP contribution in [-0.4, -0.2) is 37.5 Å². The molecule has 2 aliphatic heterocycles. The molecular formula is C8H16ClNO2. The molecule has 0 bridgehead atoms. The molecule has 4 heteroatoms. The zero-order valence-corrected chi connectivity index (χ0v) is 7.90. The van der Waals surface area contributed by atoms with E-state index in [9.17, 15) is 5.11 Å². The van der Waals surface area contributed by atoms with E-state index in [1.807, 2.05) is 0 Å². The molecule has 1 atom stereocenters. The highest BCUT2D eigenvalue weighted by Gasteiger charge is 2.43. The van der Waals surface area contributed by atoms with E-state index in [-0.39, 0.29) is 23.9 Å². The fourth-order valence-corrected chi connectivity index (χ4v) is 2.05. The van der Waals surface area contributed by atoms with Crippen molar-refractivity contribution in [1.29, 1.82) is 0 Å². The number of nitrogens with one attached hydrogen (secondary N) is 1. The summed E-state index contributed by atoms with van der Waals surface area (Å²) >= 11 is 0. The molecule has 2 heterocycles. The first-order valence-electron chi connectivity index (χ1n) is 4.30. The zero-order chi connectivity index (χ0) is 7.73. The number of hydrogen-bond donors (Lipinski definition) is 2. The summed E-state index contributed by atoms with van der Waals surface area (Å²) in [5.41, 5.74) is 0.102. The molecule has 3 nitrogen and oxygen atoms in total. The number of hydrogen-bond acceptors (Lipinski definition) is 3. The van der Waals surface area contributed by atoms with Crippen molar-refractivity contribution in [2.45, 2.75) is 18.9 Å². The summed E-state index contributed by atoms with van der Waals surface area (Å²) in [6.45, 7) is 3.36. The average molecular weight is 194 g/mol. The van der Waals surface area contributed by atoms with Gasteiger partial charge in [0.15, 0.2) is 0 Å². The van der Waals surface area contributed by atoms with Crippen molar-refractivity contribution in [1.82, 2.24) is 5.32 Å². The van der Waals surface area contributed by atoms with Crippen molar-refractivity contribution in [3.05, 3.63) is 0 Å². The highest BCUT2D eigenvalue weighted by molar-refractivity contribution is 5.85. The van der Waals surface area contributed by atoms with Crippen LogP contribution in [0.3, 0.4) is 0 Å². The van der Waals surface area contributed by atoms with Gasteiger partial charge in [0.05, 0.1) is 19.3 Å². The van der Waals surface area contributed by atoms with Crippen LogP contribution in [0, 0.1) is 5.41 Å². The van der Waals surface area contributed by atoms with E-state index in [2.05, 4.69) is 5.32 Å². The van der Waals surface area contributed by atoms with Crippen molar-refractivity contribution in [3.63, 3.8) is 0 Å². The minimum absolute atomic E-state index is 0. The Morgan fingerprint density at radius 3 is 2.50 bits per heavy atom. The molecule has 1 unspecified atom stereocenters. The number of aliphatic hydroxyl groups is 1. The first-order valence-corrected chi connectivity index (χ1v) is 4.30. The van der Waals surface area contributed by atoms with Gasteiger partial charge >= 0.3 is 0 Å². The second kappa shape index (κ2) is 3.92. The highest BCUT2D eigenvalue weighted by atomic mass is 35.5. The molecule has 0 aromatic heterocycles. The van der Waals surface area contributed by atoms with E-state index in [4.69, 9.17) is 4.74 Å². The van der Waals surface area contributed by atoms with E-state index in [1.54, 1.807) is 0 Å². The summed E-state index contributed by atoms with van der Waals surface area (Å²) in [6, 6.07) is 0. The van der Waals surface area contributed by atoms with Gasteiger partial charge in [-0.15, -0.1) is 12.4 Å². The van der Waals surface area contributed by atoms with Crippen LogP contribution in [0.25, 0.3) is 0 Å². The topological polar surface area (TPSA) is 41.5 Å². The monoisotopic (exact) mass is 193 g/mol. The molecule has 72 valence electrons. The summed E-state index contributed by atoms with van der Waals surface area (Å²) in [5.74, 6) is 0. The van der Waals surface area contributed by atoms with Gasteiger partial charge in [-0.05, 0) is 25.9 Å². The number of ether oxygens (including phenoxy) is 1. The first-order chi connectivity index (χ1) is 5.33. The predicted molar refractivity (Wildman–Crippen MR) is 48.6 cm³/mol. The summed E-state index contributed by atoms with van der Waals surface area (Å²) in [6.07, 6.45) is 1.91. The third-order valence-electron chi connectivity index (χ3n) is 2.97. The minimum Gasteiger partial charge on any atom is -0.390 e. The van der Waals surface area contributed by atoms with Crippen LogP contribution in [-0.2, 0) is 4.74 Å². The number of piperidine rings is 1. The second-order valence-electron chi connectivity index (χ2n) is 3.64. The van der Waals surface area contributed by atoms with E-state index in [0.717, 1.165) is 32.5 Å². The van der Waals surface area contributed by atoms with Crippen LogP contribution in [0.5, 0.6) is 0 Å². The summed E-state index contributed by atoms with van der Waals surface area (Å²) in [4.78, 5) is 0. The lowest BCUT2D eigenvalue weighted by Gasteiger charge is -2.34. The Morgan fingerprint density at radius 1 is 1.33 bits per heavy atom. The van der Waals surface area contributed by atoms with Crippen molar-refractivity contribution >= 4 is 12.4 Å². The maximum Gasteiger partial charge on any atom is 0.0852 e. The molecule has 2 aliphatic rings. The lowest BCUT2D eigenvalue weighted by atomic mass is 9.77. The molecule has 2 fully saturated rings. The molecule has 0 aliphatic carbocycles. The van der Waals surface area contributed by atoms with Crippen molar-refractivity contribution < 1.29 is 9.84 Å². The summed E-state index contributed by atoms with van der Waals surface area (Å²) in [5, 5.41) is 12.9. The molecule has 0 radical (unpaired) electrons. The maximum absolute atomic E-state index is 9.65. The Labute approximate surface area is 78.9 Å². The largest absolute Gasteiger partial charge is 0.390 e. The van der Waals surface area contributed by atoms with Gasteiger partial charge in [-0.25, -0.2) is 0 Å². The number of rotatable bonds is 0. The molecule has 2 rings (SSSR count). The fraction of sp³-hybridized carbons (Fsp3) is 1.00. The number of aliphatic hydroxyl groups excluding tert-OH is 1. The number of halogens is 1. The molecular weight excluding hydrogens is 178 g/mol. The lowest BCUT2D eigenvalue weighted by Crippen LogP contribution is -2.43. The third kappa shape index (κ3) is 1.59. The molecule has 0 aromatic carbocycles. The van der Waals surface area contributed by atoms with Gasteiger partial charge in [-0.1, -0.05) is 0 Å². The minimum atomic E-state index is -0.218. The molecule has 2 saturated heterocycles. The van der Waals surface area contributed by atoms with Crippen LogP contribution >= 0.6 is 12.4 Å².